The predicted molar refractivity (Wildman–Crippen MR) is 91.3 cm³/mol. The first-order valence-electron chi connectivity index (χ1n) is 7.94. The second kappa shape index (κ2) is 6.52. The van der Waals surface area contributed by atoms with Crippen molar-refractivity contribution in [2.45, 2.75) is 25.9 Å². The first-order chi connectivity index (χ1) is 11.8. The van der Waals surface area contributed by atoms with Crippen molar-refractivity contribution in [3.8, 4) is 10.7 Å². The minimum Gasteiger partial charge on any atom is -0.338 e. The monoisotopic (exact) mass is 339 g/mol. The molecule has 2 aromatic heterocycles. The fourth-order valence-corrected chi connectivity index (χ4v) is 3.53. The van der Waals surface area contributed by atoms with E-state index in [1.165, 1.54) is 5.56 Å². The average molecular weight is 339 g/mol. The molecule has 0 unspecified atom stereocenters. The molecule has 1 aliphatic heterocycles. The SMILES string of the molecule is O=C1CCCN1Cc1ccccc1Cn1cc(-c2nccs2)nn1. The van der Waals surface area contributed by atoms with E-state index in [0.717, 1.165) is 29.2 Å². The van der Waals surface area contributed by atoms with Crippen molar-refractivity contribution in [1.29, 1.82) is 0 Å². The number of thiazole rings is 1. The van der Waals surface area contributed by atoms with E-state index in [2.05, 4.69) is 27.4 Å². The molecule has 1 aromatic carbocycles. The summed E-state index contributed by atoms with van der Waals surface area (Å²) in [6.07, 6.45) is 5.31. The van der Waals surface area contributed by atoms with E-state index in [1.54, 1.807) is 17.5 Å². The van der Waals surface area contributed by atoms with Gasteiger partial charge in [0.2, 0.25) is 5.91 Å². The average Bonchev–Trinajstić information content (AvgIpc) is 3.32. The van der Waals surface area contributed by atoms with Crippen LogP contribution >= 0.6 is 11.3 Å². The van der Waals surface area contributed by atoms with Gasteiger partial charge in [-0.3, -0.25) is 4.79 Å². The number of carbonyl (C=O) groups excluding carboxylic acids is 1. The first-order valence-corrected chi connectivity index (χ1v) is 8.82. The van der Waals surface area contributed by atoms with Gasteiger partial charge >= 0.3 is 0 Å². The van der Waals surface area contributed by atoms with E-state index >= 15 is 0 Å². The highest BCUT2D eigenvalue weighted by molar-refractivity contribution is 7.13. The third-order valence-electron chi connectivity index (χ3n) is 4.17. The summed E-state index contributed by atoms with van der Waals surface area (Å²) in [4.78, 5) is 18.1. The molecule has 0 spiro atoms. The van der Waals surface area contributed by atoms with E-state index in [0.29, 0.717) is 19.5 Å². The molecule has 24 heavy (non-hydrogen) atoms. The fraction of sp³-hybridized carbons (Fsp3) is 0.294. The Bertz CT molecular complexity index is 842. The van der Waals surface area contributed by atoms with Gasteiger partial charge in [0, 0.05) is 31.1 Å². The van der Waals surface area contributed by atoms with Crippen LogP contribution in [0.15, 0.2) is 42.0 Å². The maximum atomic E-state index is 11.9. The Morgan fingerprint density at radius 3 is 2.71 bits per heavy atom. The maximum absolute atomic E-state index is 11.9. The lowest BCUT2D eigenvalue weighted by molar-refractivity contribution is -0.128. The van der Waals surface area contributed by atoms with Crippen LogP contribution in [-0.2, 0) is 17.9 Å². The Labute approximate surface area is 143 Å². The van der Waals surface area contributed by atoms with Crippen LogP contribution in [0.25, 0.3) is 10.7 Å². The lowest BCUT2D eigenvalue weighted by atomic mass is 10.1. The highest BCUT2D eigenvalue weighted by Gasteiger charge is 2.21. The van der Waals surface area contributed by atoms with E-state index < -0.39 is 0 Å². The van der Waals surface area contributed by atoms with Crippen LogP contribution in [-0.4, -0.2) is 37.3 Å². The predicted octanol–water partition coefficient (Wildman–Crippen LogP) is 2.57. The Kier molecular flexibility index (Phi) is 4.08. The van der Waals surface area contributed by atoms with E-state index in [4.69, 9.17) is 0 Å². The van der Waals surface area contributed by atoms with Crippen molar-refractivity contribution in [2.75, 3.05) is 6.54 Å². The third kappa shape index (κ3) is 3.07. The molecule has 122 valence electrons. The summed E-state index contributed by atoms with van der Waals surface area (Å²) in [5.41, 5.74) is 3.11. The molecule has 0 radical (unpaired) electrons. The van der Waals surface area contributed by atoms with Crippen LogP contribution in [0.2, 0.25) is 0 Å². The van der Waals surface area contributed by atoms with Crippen LogP contribution in [0.1, 0.15) is 24.0 Å². The Morgan fingerprint density at radius 2 is 2.00 bits per heavy atom. The maximum Gasteiger partial charge on any atom is 0.222 e. The molecule has 0 aliphatic carbocycles. The minimum atomic E-state index is 0.247. The summed E-state index contributed by atoms with van der Waals surface area (Å²) < 4.78 is 1.82. The molecule has 0 atom stereocenters. The summed E-state index contributed by atoms with van der Waals surface area (Å²) in [7, 11) is 0. The number of hydrogen-bond donors (Lipinski definition) is 0. The molecule has 0 saturated carbocycles. The van der Waals surface area contributed by atoms with Crippen LogP contribution < -0.4 is 0 Å². The third-order valence-corrected chi connectivity index (χ3v) is 4.97. The zero-order valence-corrected chi connectivity index (χ0v) is 13.9. The van der Waals surface area contributed by atoms with Crippen molar-refractivity contribution in [3.63, 3.8) is 0 Å². The molecule has 1 amide bonds. The number of nitrogens with zero attached hydrogens (tertiary/aromatic N) is 5. The minimum absolute atomic E-state index is 0.247. The summed E-state index contributed by atoms with van der Waals surface area (Å²) >= 11 is 1.55. The van der Waals surface area contributed by atoms with Crippen LogP contribution in [0.4, 0.5) is 0 Å². The Balaban J connectivity index is 1.53. The highest BCUT2D eigenvalue weighted by Crippen LogP contribution is 2.20. The quantitative estimate of drug-likeness (QED) is 0.717. The first kappa shape index (κ1) is 15.0. The molecule has 1 saturated heterocycles. The summed E-state index contributed by atoms with van der Waals surface area (Å²) in [5, 5.41) is 11.2. The van der Waals surface area contributed by atoms with Crippen LogP contribution in [0, 0.1) is 0 Å². The van der Waals surface area contributed by atoms with Crippen molar-refractivity contribution in [2.24, 2.45) is 0 Å². The van der Waals surface area contributed by atoms with Gasteiger partial charge in [0.1, 0.15) is 10.7 Å². The second-order valence-electron chi connectivity index (χ2n) is 5.83. The van der Waals surface area contributed by atoms with Gasteiger partial charge in [-0.15, -0.1) is 16.4 Å². The van der Waals surface area contributed by atoms with E-state index in [-0.39, 0.29) is 5.91 Å². The van der Waals surface area contributed by atoms with E-state index in [9.17, 15) is 4.79 Å². The molecule has 6 nitrogen and oxygen atoms in total. The van der Waals surface area contributed by atoms with Crippen LogP contribution in [0.5, 0.6) is 0 Å². The number of likely N-dealkylation sites (tertiary alicyclic amines) is 1. The van der Waals surface area contributed by atoms with Crippen molar-refractivity contribution in [1.82, 2.24) is 24.9 Å². The van der Waals surface area contributed by atoms with Gasteiger partial charge in [-0.2, -0.15) is 0 Å². The molecular weight excluding hydrogens is 322 g/mol. The van der Waals surface area contributed by atoms with Gasteiger partial charge in [0.05, 0.1) is 12.7 Å². The fourth-order valence-electron chi connectivity index (χ4n) is 2.94. The molecule has 3 aromatic rings. The molecule has 3 heterocycles. The van der Waals surface area contributed by atoms with Gasteiger partial charge in [0.15, 0.2) is 0 Å². The Hall–Kier alpha value is -2.54. The van der Waals surface area contributed by atoms with Crippen molar-refractivity contribution in [3.05, 3.63) is 53.2 Å². The number of amides is 1. The highest BCUT2D eigenvalue weighted by atomic mass is 32.1. The van der Waals surface area contributed by atoms with Gasteiger partial charge in [-0.25, -0.2) is 9.67 Å². The zero-order chi connectivity index (χ0) is 16.4. The molecule has 0 bridgehead atoms. The summed E-state index contributed by atoms with van der Waals surface area (Å²) in [6, 6.07) is 8.20. The second-order valence-corrected chi connectivity index (χ2v) is 6.72. The number of rotatable bonds is 5. The lowest BCUT2D eigenvalue weighted by Gasteiger charge is -2.18. The van der Waals surface area contributed by atoms with Gasteiger partial charge < -0.3 is 4.90 Å². The zero-order valence-electron chi connectivity index (χ0n) is 13.1. The molecule has 4 rings (SSSR count). The topological polar surface area (TPSA) is 63.9 Å². The normalized spacial score (nSPS) is 14.5. The lowest BCUT2D eigenvalue weighted by Crippen LogP contribution is -2.24. The molecule has 7 heteroatoms. The van der Waals surface area contributed by atoms with Gasteiger partial charge in [-0.1, -0.05) is 29.5 Å². The number of carbonyl (C=O) groups is 1. The number of benzene rings is 1. The molecule has 0 N–H and O–H groups in total. The number of aromatic nitrogens is 4. The van der Waals surface area contributed by atoms with Crippen molar-refractivity contribution < 1.29 is 4.79 Å². The largest absolute Gasteiger partial charge is 0.338 e. The Morgan fingerprint density at radius 1 is 1.17 bits per heavy atom. The van der Waals surface area contributed by atoms with E-state index in [1.807, 2.05) is 33.3 Å². The molecule has 1 fully saturated rings. The molecule has 1 aliphatic rings. The standard InChI is InChI=1S/C17H17N5OS/c23-16-6-3-8-21(16)10-13-4-1-2-5-14(13)11-22-12-15(19-20-22)17-18-7-9-24-17/h1-2,4-5,7,9,12H,3,6,8,10-11H2. The number of hydrogen-bond acceptors (Lipinski definition) is 5. The summed E-state index contributed by atoms with van der Waals surface area (Å²) in [6.45, 7) is 2.16. The van der Waals surface area contributed by atoms with Gasteiger partial charge in [-0.05, 0) is 17.5 Å². The van der Waals surface area contributed by atoms with Crippen molar-refractivity contribution >= 4 is 17.2 Å². The summed E-state index contributed by atoms with van der Waals surface area (Å²) in [5.74, 6) is 0.247. The molecular formula is C17H17N5OS. The smallest absolute Gasteiger partial charge is 0.222 e. The van der Waals surface area contributed by atoms with Crippen LogP contribution in [0.3, 0.4) is 0 Å². The van der Waals surface area contributed by atoms with Gasteiger partial charge in [0.25, 0.3) is 0 Å².